The second-order valence-electron chi connectivity index (χ2n) is 10.5. The molecule has 140 valence electrons. The van der Waals surface area contributed by atoms with Crippen molar-refractivity contribution in [3.05, 3.63) is 11.6 Å². The average molecular weight is 343 g/mol. The maximum Gasteiger partial charge on any atom is 0.155 e. The van der Waals surface area contributed by atoms with Gasteiger partial charge < -0.3 is 0 Å². The van der Waals surface area contributed by atoms with Gasteiger partial charge in [0.05, 0.1) is 0 Å². The molecule has 0 saturated heterocycles. The molecule has 7 atom stereocenters. The van der Waals surface area contributed by atoms with Crippen LogP contribution in [-0.2, 0) is 4.79 Å². The molecule has 4 aliphatic rings. The van der Waals surface area contributed by atoms with Gasteiger partial charge in [0.1, 0.15) is 0 Å². The Labute approximate surface area is 155 Å². The predicted octanol–water partition coefficient (Wildman–Crippen LogP) is 6.57. The molecule has 3 fully saturated rings. The maximum absolute atomic E-state index is 12.0. The number of carbonyl (C=O) groups is 1. The Morgan fingerprint density at radius 1 is 1.08 bits per heavy atom. The van der Waals surface area contributed by atoms with E-state index >= 15 is 0 Å². The van der Waals surface area contributed by atoms with Crippen LogP contribution in [-0.4, -0.2) is 5.78 Å². The van der Waals surface area contributed by atoms with Gasteiger partial charge in [0, 0.05) is 6.42 Å². The van der Waals surface area contributed by atoms with Gasteiger partial charge in [0.15, 0.2) is 5.78 Å². The van der Waals surface area contributed by atoms with Crippen molar-refractivity contribution in [2.45, 2.75) is 91.9 Å². The molecule has 25 heavy (non-hydrogen) atoms. The van der Waals surface area contributed by atoms with E-state index in [0.717, 1.165) is 42.4 Å². The van der Waals surface area contributed by atoms with Gasteiger partial charge in [-0.05, 0) is 91.4 Å². The zero-order chi connectivity index (χ0) is 17.8. The van der Waals surface area contributed by atoms with Crippen molar-refractivity contribution in [2.75, 3.05) is 0 Å². The highest BCUT2D eigenvalue weighted by Gasteiger charge is 2.59. The highest BCUT2D eigenvalue weighted by atomic mass is 16.1. The molecule has 0 aromatic carbocycles. The average Bonchev–Trinajstić information content (AvgIpc) is 2.93. The van der Waals surface area contributed by atoms with Gasteiger partial charge in [-0.2, -0.15) is 0 Å². The molecule has 0 bridgehead atoms. The van der Waals surface area contributed by atoms with E-state index in [1.807, 2.05) is 6.08 Å². The summed E-state index contributed by atoms with van der Waals surface area (Å²) < 4.78 is 0. The normalized spacial score (nSPS) is 47.5. The summed E-state index contributed by atoms with van der Waals surface area (Å²) in [6.07, 6.45) is 15.1. The summed E-state index contributed by atoms with van der Waals surface area (Å²) in [5, 5.41) is 0. The Kier molecular flexibility index (Phi) is 4.44. The molecule has 0 spiro atoms. The smallest absolute Gasteiger partial charge is 0.155 e. The number of fused-ring (bicyclic) bond motifs is 5. The van der Waals surface area contributed by atoms with Crippen molar-refractivity contribution in [2.24, 2.45) is 40.4 Å². The topological polar surface area (TPSA) is 17.1 Å². The quantitative estimate of drug-likeness (QED) is 0.567. The van der Waals surface area contributed by atoms with Crippen molar-refractivity contribution in [3.8, 4) is 0 Å². The Bertz CT molecular complexity index is 575. The monoisotopic (exact) mass is 342 g/mol. The summed E-state index contributed by atoms with van der Waals surface area (Å²) in [7, 11) is 0. The summed E-state index contributed by atoms with van der Waals surface area (Å²) in [4.78, 5) is 12.0. The summed E-state index contributed by atoms with van der Waals surface area (Å²) in [6, 6.07) is 0. The van der Waals surface area contributed by atoms with Crippen LogP contribution < -0.4 is 0 Å². The van der Waals surface area contributed by atoms with Crippen LogP contribution in [0, 0.1) is 40.4 Å². The van der Waals surface area contributed by atoms with Crippen molar-refractivity contribution in [1.82, 2.24) is 0 Å². The lowest BCUT2D eigenvalue weighted by atomic mass is 9.46. The molecule has 3 saturated carbocycles. The molecular formula is C24H38O. The molecule has 5 unspecified atom stereocenters. The molecule has 0 aliphatic heterocycles. The van der Waals surface area contributed by atoms with Gasteiger partial charge >= 0.3 is 0 Å². The molecule has 4 aliphatic carbocycles. The van der Waals surface area contributed by atoms with Crippen LogP contribution in [0.15, 0.2) is 11.6 Å². The van der Waals surface area contributed by atoms with Crippen LogP contribution in [0.3, 0.4) is 0 Å². The third kappa shape index (κ3) is 2.59. The maximum atomic E-state index is 12.0. The highest BCUT2D eigenvalue weighted by molar-refractivity contribution is 5.91. The van der Waals surface area contributed by atoms with Crippen LogP contribution in [0.5, 0.6) is 0 Å². The third-order valence-electron chi connectivity index (χ3n) is 9.47. The first-order chi connectivity index (χ1) is 11.9. The molecule has 1 nitrogen and oxygen atoms in total. The van der Waals surface area contributed by atoms with Crippen LogP contribution in [0.2, 0.25) is 0 Å². The van der Waals surface area contributed by atoms with Crippen LogP contribution in [0.25, 0.3) is 0 Å². The molecule has 0 N–H and O–H groups in total. The number of carbonyl (C=O) groups excluding carboxylic acids is 1. The number of hydrogen-bond acceptors (Lipinski definition) is 1. The SMILES string of the molecule is CCCC(C)C1CCC2C3CCC4=CC(=O)CC[C@]4(C)C3CC[C@]12C. The van der Waals surface area contributed by atoms with Gasteiger partial charge in [-0.15, -0.1) is 0 Å². The van der Waals surface area contributed by atoms with E-state index in [1.165, 1.54) is 56.9 Å². The lowest BCUT2D eigenvalue weighted by molar-refractivity contribution is -0.117. The van der Waals surface area contributed by atoms with Crippen molar-refractivity contribution < 1.29 is 4.79 Å². The number of ketones is 1. The van der Waals surface area contributed by atoms with E-state index in [2.05, 4.69) is 27.7 Å². The summed E-state index contributed by atoms with van der Waals surface area (Å²) in [5.74, 6) is 4.97. The minimum absolute atomic E-state index is 0.339. The first-order valence-electron chi connectivity index (χ1n) is 11.1. The molecule has 0 amide bonds. The number of allylic oxidation sites excluding steroid dienone is 1. The van der Waals surface area contributed by atoms with Gasteiger partial charge in [-0.25, -0.2) is 0 Å². The Hall–Kier alpha value is -0.590. The highest BCUT2D eigenvalue weighted by Crippen LogP contribution is 2.67. The lowest BCUT2D eigenvalue weighted by Gasteiger charge is -2.58. The van der Waals surface area contributed by atoms with Gasteiger partial charge in [-0.1, -0.05) is 46.1 Å². The van der Waals surface area contributed by atoms with E-state index in [9.17, 15) is 4.79 Å². The predicted molar refractivity (Wildman–Crippen MR) is 104 cm³/mol. The minimum atomic E-state index is 0.339. The Balaban J connectivity index is 1.60. The van der Waals surface area contributed by atoms with E-state index in [4.69, 9.17) is 0 Å². The van der Waals surface area contributed by atoms with Crippen molar-refractivity contribution in [1.29, 1.82) is 0 Å². The molecule has 0 radical (unpaired) electrons. The van der Waals surface area contributed by atoms with E-state index in [1.54, 1.807) is 0 Å². The molecule has 0 aromatic heterocycles. The second kappa shape index (κ2) is 6.24. The van der Waals surface area contributed by atoms with Crippen molar-refractivity contribution >= 4 is 5.78 Å². The minimum Gasteiger partial charge on any atom is -0.295 e. The van der Waals surface area contributed by atoms with Gasteiger partial charge in [0.25, 0.3) is 0 Å². The third-order valence-corrected chi connectivity index (χ3v) is 9.47. The van der Waals surface area contributed by atoms with Gasteiger partial charge in [-0.3, -0.25) is 4.79 Å². The van der Waals surface area contributed by atoms with Crippen LogP contribution in [0.1, 0.15) is 91.9 Å². The Morgan fingerprint density at radius 2 is 1.88 bits per heavy atom. The first-order valence-corrected chi connectivity index (χ1v) is 11.1. The fourth-order valence-electron chi connectivity index (χ4n) is 8.19. The molecule has 0 heterocycles. The first kappa shape index (κ1) is 17.8. The second-order valence-corrected chi connectivity index (χ2v) is 10.5. The Morgan fingerprint density at radius 3 is 2.64 bits per heavy atom. The summed E-state index contributed by atoms with van der Waals surface area (Å²) in [5.41, 5.74) is 2.45. The zero-order valence-electron chi connectivity index (χ0n) is 16.9. The van der Waals surface area contributed by atoms with E-state index in [0.29, 0.717) is 16.6 Å². The molecule has 1 heteroatoms. The van der Waals surface area contributed by atoms with E-state index < -0.39 is 0 Å². The fourth-order valence-corrected chi connectivity index (χ4v) is 8.19. The largest absolute Gasteiger partial charge is 0.295 e. The van der Waals surface area contributed by atoms with Crippen molar-refractivity contribution in [3.63, 3.8) is 0 Å². The molecular weight excluding hydrogens is 304 g/mol. The fraction of sp³-hybridized carbons (Fsp3) is 0.875. The number of hydrogen-bond donors (Lipinski definition) is 0. The molecule has 0 aromatic rings. The number of rotatable bonds is 3. The lowest BCUT2D eigenvalue weighted by Crippen LogP contribution is -2.50. The standard InChI is InChI=1S/C24H38O/c1-5-6-16(2)20-9-10-21-19-8-7-17-15-18(25)11-13-23(17,3)22(19)12-14-24(20,21)4/h15-16,19-22H,5-14H2,1-4H3/t16?,19?,20?,21?,22?,23-,24+/m0/s1. The zero-order valence-corrected chi connectivity index (χ0v) is 16.9. The van der Waals surface area contributed by atoms with Gasteiger partial charge in [0.2, 0.25) is 0 Å². The summed E-state index contributed by atoms with van der Waals surface area (Å²) >= 11 is 0. The van der Waals surface area contributed by atoms with E-state index in [-0.39, 0.29) is 0 Å². The van der Waals surface area contributed by atoms with Crippen LogP contribution >= 0.6 is 0 Å². The molecule has 4 rings (SSSR count). The van der Waals surface area contributed by atoms with Crippen LogP contribution in [0.4, 0.5) is 0 Å². The summed E-state index contributed by atoms with van der Waals surface area (Å²) in [6.45, 7) is 10.1.